The molecule has 356 valence electrons. The average Bonchev–Trinajstić information content (AvgIpc) is 4.17. The normalized spacial score (nSPS) is 10.1. The van der Waals surface area contributed by atoms with Gasteiger partial charge in [-0.2, -0.15) is 20.4 Å². The van der Waals surface area contributed by atoms with E-state index in [9.17, 15) is 14.4 Å². The van der Waals surface area contributed by atoms with Gasteiger partial charge in [0.15, 0.2) is 10.3 Å². The molecule has 1 amide bonds. The van der Waals surface area contributed by atoms with Crippen molar-refractivity contribution < 1.29 is 23.9 Å². The number of H-pyrrole nitrogens is 2. The van der Waals surface area contributed by atoms with Gasteiger partial charge in [0.1, 0.15) is 23.6 Å². The van der Waals surface area contributed by atoms with Crippen molar-refractivity contribution in [1.82, 2.24) is 44.9 Å². The third kappa shape index (κ3) is 18.4. The van der Waals surface area contributed by atoms with Crippen molar-refractivity contribution >= 4 is 132 Å². The first-order chi connectivity index (χ1) is 32.5. The molecular weight excluding hydrogens is 1260 g/mol. The molecule has 68 heavy (non-hydrogen) atoms. The largest absolute Gasteiger partial charge is 0.468 e. The zero-order valence-electron chi connectivity index (χ0n) is 36.4. The lowest BCUT2D eigenvalue weighted by Crippen LogP contribution is -2.26. The van der Waals surface area contributed by atoms with Gasteiger partial charge in [-0.25, -0.2) is 0 Å². The standard InChI is InChI=1S/C13H13BrClN3O.C12H10BrClN2O2.C9H6BrClN2.C9H7BrN2.C3H5BrO2/c1-17(2)12(19)8-18-7-11(13(15)16-18)9-3-5-10(14)6-4-9;1-18-11(17)7-16-6-10(12(14)15-16)8-2-4-9(13)5-3-8;10-7-3-1-6(2-4-7)8-5-12-13-9(8)11;10-9-3-1-7(2-4-9)8-5-11-12-6-8;1-6-3(5)2-4/h3-7H,8H2,1-2H3;2-6H,7H2,1H3;1-5H,(H,12,13);1-6H,(H,11,12);2H2,1H3. The van der Waals surface area contributed by atoms with E-state index in [1.54, 1.807) is 37.4 Å². The van der Waals surface area contributed by atoms with Gasteiger partial charge >= 0.3 is 11.9 Å². The molecule has 0 saturated carbocycles. The van der Waals surface area contributed by atoms with Crippen molar-refractivity contribution in [3.63, 3.8) is 0 Å². The van der Waals surface area contributed by atoms with Crippen molar-refractivity contribution in [1.29, 1.82) is 0 Å². The number of halogens is 8. The van der Waals surface area contributed by atoms with Crippen LogP contribution in [0.5, 0.6) is 0 Å². The lowest BCUT2D eigenvalue weighted by Gasteiger charge is -2.09. The van der Waals surface area contributed by atoms with Gasteiger partial charge < -0.3 is 14.4 Å². The van der Waals surface area contributed by atoms with Crippen LogP contribution >= 0.6 is 114 Å². The molecule has 0 bridgehead atoms. The third-order valence-corrected chi connectivity index (χ3v) is 12.2. The molecule has 0 fully saturated rings. The van der Waals surface area contributed by atoms with Gasteiger partial charge in [0.05, 0.1) is 26.6 Å². The van der Waals surface area contributed by atoms with Gasteiger partial charge in [0.2, 0.25) is 5.91 Å². The molecule has 8 aromatic rings. The highest BCUT2D eigenvalue weighted by Crippen LogP contribution is 2.30. The number of esters is 2. The predicted molar refractivity (Wildman–Crippen MR) is 286 cm³/mol. The van der Waals surface area contributed by atoms with E-state index < -0.39 is 0 Å². The molecular formula is C46H41Br5Cl3N9O5. The first-order valence-corrected chi connectivity index (χ1v) is 25.0. The molecule has 2 N–H and O–H groups in total. The van der Waals surface area contributed by atoms with E-state index in [1.165, 1.54) is 29.4 Å². The van der Waals surface area contributed by atoms with Crippen LogP contribution in [0, 0.1) is 0 Å². The predicted octanol–water partition coefficient (Wildman–Crippen LogP) is 13.1. The molecule has 14 nitrogen and oxygen atoms in total. The lowest BCUT2D eigenvalue weighted by molar-refractivity contribution is -0.141. The Morgan fingerprint density at radius 3 is 1.32 bits per heavy atom. The number of carbonyl (C=O) groups excluding carboxylic acids is 3. The number of likely N-dealkylation sites (N-methyl/N-ethyl adjacent to an activating group) is 1. The number of hydrogen-bond donors (Lipinski definition) is 2. The fraction of sp³-hybridized carbons (Fsp3) is 0.152. The average molecular weight is 1310 g/mol. The summed E-state index contributed by atoms with van der Waals surface area (Å²) in [5.74, 6) is -0.631. The van der Waals surface area contributed by atoms with Crippen LogP contribution in [0.2, 0.25) is 15.5 Å². The molecule has 0 unspecified atom stereocenters. The summed E-state index contributed by atoms with van der Waals surface area (Å²) in [5, 5.41) is 23.0. The van der Waals surface area contributed by atoms with E-state index in [-0.39, 0.29) is 36.3 Å². The Balaban J connectivity index is 0.000000192. The Kier molecular flexibility index (Phi) is 23.7. The molecule has 0 spiro atoms. The molecule has 0 radical (unpaired) electrons. The number of rotatable bonds is 9. The summed E-state index contributed by atoms with van der Waals surface area (Å²) in [6, 6.07) is 31.5. The highest BCUT2D eigenvalue weighted by molar-refractivity contribution is 9.11. The molecule has 0 saturated heterocycles. The summed E-state index contributed by atoms with van der Waals surface area (Å²) in [6.07, 6.45) is 8.91. The van der Waals surface area contributed by atoms with E-state index in [0.29, 0.717) is 15.5 Å². The zero-order valence-corrected chi connectivity index (χ0v) is 46.6. The Hall–Kier alpha value is -4.60. The summed E-state index contributed by atoms with van der Waals surface area (Å²) in [4.78, 5) is 34.2. The zero-order chi connectivity index (χ0) is 49.8. The second kappa shape index (κ2) is 28.8. The first-order valence-electron chi connectivity index (χ1n) is 19.6. The fourth-order valence-electron chi connectivity index (χ4n) is 5.29. The van der Waals surface area contributed by atoms with Gasteiger partial charge in [0.25, 0.3) is 0 Å². The summed E-state index contributed by atoms with van der Waals surface area (Å²) < 4.78 is 15.9. The Morgan fingerprint density at radius 1 is 0.574 bits per heavy atom. The summed E-state index contributed by atoms with van der Waals surface area (Å²) in [7, 11) is 6.11. The number of carbonyl (C=O) groups is 3. The Labute approximate surface area is 449 Å². The number of methoxy groups -OCH3 is 2. The van der Waals surface area contributed by atoms with Crippen LogP contribution in [0.3, 0.4) is 0 Å². The molecule has 0 aliphatic heterocycles. The second-order valence-electron chi connectivity index (χ2n) is 13.7. The lowest BCUT2D eigenvalue weighted by atomic mass is 10.1. The number of alkyl halides is 1. The van der Waals surface area contributed by atoms with Gasteiger partial charge in [-0.15, -0.1) is 0 Å². The molecule has 0 aliphatic carbocycles. The van der Waals surface area contributed by atoms with E-state index in [0.717, 1.165) is 56.8 Å². The first kappa shape index (κ1) is 56.0. The molecule has 4 heterocycles. The van der Waals surface area contributed by atoms with Gasteiger partial charge in [-0.3, -0.25) is 33.9 Å². The minimum Gasteiger partial charge on any atom is -0.468 e. The monoisotopic (exact) mass is 1300 g/mol. The highest BCUT2D eigenvalue weighted by atomic mass is 79.9. The summed E-state index contributed by atoms with van der Waals surface area (Å²) in [5.41, 5.74) is 7.79. The van der Waals surface area contributed by atoms with Crippen LogP contribution in [-0.2, 0) is 36.9 Å². The number of benzene rings is 4. The van der Waals surface area contributed by atoms with E-state index in [1.807, 2.05) is 97.3 Å². The number of aromatic amines is 2. The van der Waals surface area contributed by atoms with Crippen molar-refractivity contribution in [2.24, 2.45) is 0 Å². The van der Waals surface area contributed by atoms with Gasteiger partial charge in [-0.1, -0.05) is 163 Å². The second-order valence-corrected chi connectivity index (χ2v) is 19.1. The number of aromatic nitrogens is 8. The van der Waals surface area contributed by atoms with Gasteiger partial charge in [0, 0.05) is 72.8 Å². The quantitative estimate of drug-likeness (QED) is 0.106. The van der Waals surface area contributed by atoms with Crippen LogP contribution in [0.1, 0.15) is 0 Å². The summed E-state index contributed by atoms with van der Waals surface area (Å²) in [6.45, 7) is 0.232. The maximum Gasteiger partial charge on any atom is 0.327 e. The van der Waals surface area contributed by atoms with Crippen molar-refractivity contribution in [2.45, 2.75) is 13.1 Å². The number of ether oxygens (including phenoxy) is 2. The summed E-state index contributed by atoms with van der Waals surface area (Å²) >= 11 is 34.5. The Bertz CT molecular complexity index is 2800. The van der Waals surface area contributed by atoms with Crippen molar-refractivity contribution in [3.8, 4) is 44.5 Å². The van der Waals surface area contributed by atoms with E-state index >= 15 is 0 Å². The van der Waals surface area contributed by atoms with Crippen LogP contribution in [0.25, 0.3) is 44.5 Å². The SMILES string of the molecule is Brc1ccc(-c2cn[nH]c2)cc1.CN(C)C(=O)Cn1cc(-c2ccc(Br)cc2)c(Cl)n1.COC(=O)CBr.COC(=O)Cn1cc(-c2ccc(Br)cc2)c(Cl)n1.Clc1[nH]ncc1-c1ccc(Br)cc1. The van der Waals surface area contributed by atoms with Crippen LogP contribution in [0.4, 0.5) is 0 Å². The minimum absolute atomic E-state index is 0.0264. The molecule has 0 atom stereocenters. The van der Waals surface area contributed by atoms with Crippen LogP contribution < -0.4 is 0 Å². The van der Waals surface area contributed by atoms with Crippen molar-refractivity contribution in [2.75, 3.05) is 33.6 Å². The maximum atomic E-state index is 11.6. The van der Waals surface area contributed by atoms with Crippen LogP contribution in [0.15, 0.2) is 146 Å². The fourth-order valence-corrected chi connectivity index (χ4v) is 7.29. The molecule has 8 rings (SSSR count). The van der Waals surface area contributed by atoms with Crippen molar-refractivity contribution in [3.05, 3.63) is 161 Å². The number of amides is 1. The molecule has 22 heteroatoms. The Morgan fingerprint density at radius 2 is 0.985 bits per heavy atom. The molecule has 4 aromatic carbocycles. The van der Waals surface area contributed by atoms with Crippen LogP contribution in [-0.4, -0.2) is 96.3 Å². The maximum absolute atomic E-state index is 11.6. The van der Waals surface area contributed by atoms with Gasteiger partial charge in [-0.05, 0) is 70.8 Å². The smallest absolute Gasteiger partial charge is 0.327 e. The number of nitrogens with zero attached hydrogens (tertiary/aromatic N) is 7. The van der Waals surface area contributed by atoms with E-state index in [2.05, 4.69) is 132 Å². The number of hydrogen-bond acceptors (Lipinski definition) is 9. The minimum atomic E-state index is -0.364. The highest BCUT2D eigenvalue weighted by Gasteiger charge is 2.13. The number of nitrogens with one attached hydrogen (secondary N) is 2. The topological polar surface area (TPSA) is 166 Å². The van der Waals surface area contributed by atoms with E-state index in [4.69, 9.17) is 34.8 Å². The molecule has 0 aliphatic rings. The molecule has 4 aromatic heterocycles. The third-order valence-electron chi connectivity index (χ3n) is 8.82.